The molecular weight excluding hydrogens is 226 g/mol. The van der Waals surface area contributed by atoms with E-state index in [4.69, 9.17) is 5.26 Å². The van der Waals surface area contributed by atoms with Gasteiger partial charge in [-0.3, -0.25) is 0 Å². The van der Waals surface area contributed by atoms with Gasteiger partial charge < -0.3 is 4.90 Å². The number of rotatable bonds is 4. The van der Waals surface area contributed by atoms with Crippen LogP contribution < -0.4 is 0 Å². The van der Waals surface area contributed by atoms with Gasteiger partial charge >= 0.3 is 0 Å². The molecule has 1 fully saturated rings. The van der Waals surface area contributed by atoms with Gasteiger partial charge in [0.05, 0.1) is 6.07 Å². The minimum Gasteiger partial charge on any atom is -0.309 e. The van der Waals surface area contributed by atoms with Gasteiger partial charge in [0.2, 0.25) is 10.0 Å². The summed E-state index contributed by atoms with van der Waals surface area (Å²) in [6, 6.07) is 1.71. The summed E-state index contributed by atoms with van der Waals surface area (Å²) < 4.78 is 24.7. The smallest absolute Gasteiger partial charge is 0.227 e. The third-order valence-electron chi connectivity index (χ3n) is 2.84. The van der Waals surface area contributed by atoms with Crippen LogP contribution in [0.15, 0.2) is 0 Å². The zero-order valence-corrected chi connectivity index (χ0v) is 10.7. The number of nitriles is 1. The summed E-state index contributed by atoms with van der Waals surface area (Å²) in [6.45, 7) is 2.12. The highest BCUT2D eigenvalue weighted by Gasteiger charge is 2.27. The van der Waals surface area contributed by atoms with E-state index in [2.05, 4.69) is 4.90 Å². The molecule has 16 heavy (non-hydrogen) atoms. The van der Waals surface area contributed by atoms with Crippen LogP contribution in [0.2, 0.25) is 0 Å². The minimum absolute atomic E-state index is 0.397. The molecular formula is C10H19N3O2S. The maximum Gasteiger partial charge on any atom is 0.227 e. The molecule has 0 saturated carbocycles. The van der Waals surface area contributed by atoms with Gasteiger partial charge in [0.15, 0.2) is 5.75 Å². The van der Waals surface area contributed by atoms with Crippen molar-refractivity contribution in [3.63, 3.8) is 0 Å². The molecule has 5 nitrogen and oxygen atoms in total. The molecule has 1 aliphatic rings. The Morgan fingerprint density at radius 1 is 1.38 bits per heavy atom. The lowest BCUT2D eigenvalue weighted by Crippen LogP contribution is -2.41. The summed E-state index contributed by atoms with van der Waals surface area (Å²) in [7, 11) is 0.726. The van der Waals surface area contributed by atoms with E-state index in [1.54, 1.807) is 6.07 Å². The highest BCUT2D eigenvalue weighted by molar-refractivity contribution is 7.89. The largest absolute Gasteiger partial charge is 0.309 e. The highest BCUT2D eigenvalue weighted by Crippen LogP contribution is 2.20. The summed E-state index contributed by atoms with van der Waals surface area (Å²) in [4.78, 5) is 2.13. The number of hydrogen-bond acceptors (Lipinski definition) is 4. The molecule has 1 rings (SSSR count). The van der Waals surface area contributed by atoms with Crippen LogP contribution in [0.3, 0.4) is 0 Å². The fourth-order valence-corrected chi connectivity index (χ4v) is 3.17. The van der Waals surface area contributed by atoms with Crippen LogP contribution >= 0.6 is 0 Å². The highest BCUT2D eigenvalue weighted by atomic mass is 32.2. The number of sulfonamides is 1. The van der Waals surface area contributed by atoms with Crippen LogP contribution in [0.25, 0.3) is 0 Å². The van der Waals surface area contributed by atoms with Gasteiger partial charge in [-0.1, -0.05) is 0 Å². The van der Waals surface area contributed by atoms with Crippen molar-refractivity contribution in [3.05, 3.63) is 0 Å². The van der Waals surface area contributed by atoms with Crippen molar-refractivity contribution >= 4 is 10.0 Å². The first-order valence-electron chi connectivity index (χ1n) is 5.45. The first kappa shape index (κ1) is 13.4. The Balaban J connectivity index is 2.47. The topological polar surface area (TPSA) is 64.4 Å². The van der Waals surface area contributed by atoms with Crippen molar-refractivity contribution in [2.75, 3.05) is 39.5 Å². The number of hydrogen-bond donors (Lipinski definition) is 0. The Kier molecular flexibility index (Phi) is 4.71. The SMILES string of the molecule is CN(C)CC1CCN(S(=O)(=O)CC#N)CC1. The second kappa shape index (κ2) is 5.62. The third kappa shape index (κ3) is 3.74. The van der Waals surface area contributed by atoms with Gasteiger partial charge in [-0.2, -0.15) is 5.26 Å². The molecule has 0 atom stereocenters. The Bertz CT molecular complexity index is 351. The number of nitrogens with zero attached hydrogens (tertiary/aromatic N) is 3. The quantitative estimate of drug-likeness (QED) is 0.705. The average Bonchev–Trinajstić information content (AvgIpc) is 2.17. The molecule has 1 saturated heterocycles. The van der Waals surface area contributed by atoms with Gasteiger partial charge in [-0.05, 0) is 32.9 Å². The molecule has 0 bridgehead atoms. The average molecular weight is 245 g/mol. The standard InChI is InChI=1S/C10H19N3O2S/c1-12(2)9-10-3-6-13(7-4-10)16(14,15)8-5-11/h10H,3-4,6-9H2,1-2H3. The van der Waals surface area contributed by atoms with Gasteiger partial charge in [-0.25, -0.2) is 12.7 Å². The van der Waals surface area contributed by atoms with Crippen molar-refractivity contribution in [1.29, 1.82) is 5.26 Å². The zero-order chi connectivity index (χ0) is 12.2. The second-order valence-corrected chi connectivity index (χ2v) is 6.49. The van der Waals surface area contributed by atoms with Gasteiger partial charge in [0.1, 0.15) is 0 Å². The zero-order valence-electron chi connectivity index (χ0n) is 9.89. The lowest BCUT2D eigenvalue weighted by molar-refractivity contribution is 0.225. The molecule has 1 heterocycles. The lowest BCUT2D eigenvalue weighted by Gasteiger charge is -2.31. The Labute approximate surface area is 97.7 Å². The van der Waals surface area contributed by atoms with Crippen LogP contribution in [0, 0.1) is 17.2 Å². The molecule has 0 unspecified atom stereocenters. The maximum atomic E-state index is 11.6. The normalized spacial score (nSPS) is 19.9. The molecule has 0 aromatic carbocycles. The maximum absolute atomic E-state index is 11.6. The van der Waals surface area contributed by atoms with E-state index in [-0.39, 0.29) is 0 Å². The summed E-state index contributed by atoms with van der Waals surface area (Å²) in [5.41, 5.74) is 0. The predicted molar refractivity (Wildman–Crippen MR) is 62.3 cm³/mol. The molecule has 0 aromatic heterocycles. The van der Waals surface area contributed by atoms with E-state index in [0.717, 1.165) is 19.4 Å². The molecule has 92 valence electrons. The van der Waals surface area contributed by atoms with Crippen molar-refractivity contribution in [3.8, 4) is 6.07 Å². The second-order valence-electron chi connectivity index (χ2n) is 4.52. The summed E-state index contributed by atoms with van der Waals surface area (Å²) in [6.07, 6.45) is 1.78. The molecule has 0 aliphatic carbocycles. The number of piperidine rings is 1. The van der Waals surface area contributed by atoms with Crippen LogP contribution in [0.1, 0.15) is 12.8 Å². The summed E-state index contributed by atoms with van der Waals surface area (Å²) in [5, 5.41) is 8.44. The van der Waals surface area contributed by atoms with Crippen molar-refractivity contribution < 1.29 is 8.42 Å². The molecule has 0 N–H and O–H groups in total. The van der Waals surface area contributed by atoms with E-state index in [1.165, 1.54) is 4.31 Å². The Hall–Kier alpha value is -0.640. The Morgan fingerprint density at radius 3 is 2.38 bits per heavy atom. The summed E-state index contributed by atoms with van der Waals surface area (Å²) in [5.74, 6) is 0.175. The summed E-state index contributed by atoms with van der Waals surface area (Å²) >= 11 is 0. The first-order valence-corrected chi connectivity index (χ1v) is 7.06. The van der Waals surface area contributed by atoms with Crippen LogP contribution in [-0.4, -0.2) is 57.1 Å². The molecule has 6 heteroatoms. The van der Waals surface area contributed by atoms with E-state index < -0.39 is 15.8 Å². The predicted octanol–water partition coefficient (Wildman–Crippen LogP) is 0.113. The van der Waals surface area contributed by atoms with Crippen LogP contribution in [0.4, 0.5) is 0 Å². The van der Waals surface area contributed by atoms with Crippen molar-refractivity contribution in [1.82, 2.24) is 9.21 Å². The fourth-order valence-electron chi connectivity index (χ4n) is 2.06. The first-order chi connectivity index (χ1) is 7.45. The van der Waals surface area contributed by atoms with Gasteiger partial charge in [0.25, 0.3) is 0 Å². The molecule has 0 radical (unpaired) electrons. The molecule has 0 spiro atoms. The molecule has 0 amide bonds. The van der Waals surface area contributed by atoms with E-state index >= 15 is 0 Å². The van der Waals surface area contributed by atoms with Gasteiger partial charge in [0, 0.05) is 19.6 Å². The van der Waals surface area contributed by atoms with E-state index in [0.29, 0.717) is 19.0 Å². The minimum atomic E-state index is -3.33. The molecule has 0 aromatic rings. The monoisotopic (exact) mass is 245 g/mol. The molecule has 1 aliphatic heterocycles. The van der Waals surface area contributed by atoms with Gasteiger partial charge in [-0.15, -0.1) is 0 Å². The Morgan fingerprint density at radius 2 is 1.94 bits per heavy atom. The van der Waals surface area contributed by atoms with Crippen molar-refractivity contribution in [2.24, 2.45) is 5.92 Å². The van der Waals surface area contributed by atoms with Crippen LogP contribution in [0.5, 0.6) is 0 Å². The van der Waals surface area contributed by atoms with E-state index in [1.807, 2.05) is 14.1 Å². The lowest BCUT2D eigenvalue weighted by atomic mass is 9.98. The van der Waals surface area contributed by atoms with Crippen LogP contribution in [-0.2, 0) is 10.0 Å². The van der Waals surface area contributed by atoms with E-state index in [9.17, 15) is 8.42 Å². The van der Waals surface area contributed by atoms with Crippen molar-refractivity contribution in [2.45, 2.75) is 12.8 Å². The third-order valence-corrected chi connectivity index (χ3v) is 4.48. The fraction of sp³-hybridized carbons (Fsp3) is 0.900.